The highest BCUT2D eigenvalue weighted by atomic mass is 16.5. The molecule has 0 spiro atoms. The van der Waals surface area contributed by atoms with Crippen molar-refractivity contribution in [3.05, 3.63) is 69.8 Å². The number of ether oxygens (including phenoxy) is 2. The van der Waals surface area contributed by atoms with Crippen LogP contribution in [0.25, 0.3) is 0 Å². The molecule has 2 aromatic carbocycles. The second kappa shape index (κ2) is 29.9. The zero-order valence-electron chi connectivity index (χ0n) is 32.8. The molecule has 0 amide bonds. The average molecular weight is 725 g/mol. The lowest BCUT2D eigenvalue weighted by Gasteiger charge is -2.15. The lowest BCUT2D eigenvalue weighted by Crippen LogP contribution is -2.15. The summed E-state index contributed by atoms with van der Waals surface area (Å²) in [5.74, 6) is -3.19. The van der Waals surface area contributed by atoms with Gasteiger partial charge in [-0.1, -0.05) is 149 Å². The van der Waals surface area contributed by atoms with Crippen LogP contribution < -0.4 is 0 Å². The van der Waals surface area contributed by atoms with E-state index in [2.05, 4.69) is 27.7 Å². The SMILES string of the molecule is CCCCCCCOC(=O)c1ccccc1C(=O)OCCCCCCC.CCCCCCCc1ccc(C(=O)O)c(C(=O)O)c1CCCCCCC. The number of hydrogen-bond donors (Lipinski definition) is 2. The van der Waals surface area contributed by atoms with Crippen molar-refractivity contribution in [1.29, 1.82) is 0 Å². The van der Waals surface area contributed by atoms with Crippen LogP contribution in [-0.4, -0.2) is 47.3 Å². The summed E-state index contributed by atoms with van der Waals surface area (Å²) in [6.07, 6.45) is 23.7. The summed E-state index contributed by atoms with van der Waals surface area (Å²) in [5, 5.41) is 19.0. The molecule has 292 valence electrons. The van der Waals surface area contributed by atoms with E-state index in [-0.39, 0.29) is 22.3 Å². The van der Waals surface area contributed by atoms with Crippen molar-refractivity contribution in [3.8, 4) is 0 Å². The highest BCUT2D eigenvalue weighted by Crippen LogP contribution is 2.25. The number of carbonyl (C=O) groups excluding carboxylic acids is 2. The van der Waals surface area contributed by atoms with Gasteiger partial charge in [0.2, 0.25) is 0 Å². The Morgan fingerprint density at radius 1 is 0.462 bits per heavy atom. The first-order valence-corrected chi connectivity index (χ1v) is 20.3. The Hall–Kier alpha value is -3.68. The smallest absolute Gasteiger partial charge is 0.339 e. The van der Waals surface area contributed by atoms with Gasteiger partial charge in [0, 0.05) is 0 Å². The maximum absolute atomic E-state index is 12.3. The monoisotopic (exact) mass is 724 g/mol. The minimum absolute atomic E-state index is 0.000880. The van der Waals surface area contributed by atoms with Crippen molar-refractivity contribution in [2.24, 2.45) is 0 Å². The first-order valence-electron chi connectivity index (χ1n) is 20.3. The highest BCUT2D eigenvalue weighted by Gasteiger charge is 2.23. The third-order valence-corrected chi connectivity index (χ3v) is 9.26. The van der Waals surface area contributed by atoms with Crippen molar-refractivity contribution < 1.29 is 38.9 Å². The van der Waals surface area contributed by atoms with Crippen LogP contribution in [0.4, 0.5) is 0 Å². The second-order valence-electron chi connectivity index (χ2n) is 13.7. The van der Waals surface area contributed by atoms with Gasteiger partial charge in [0.25, 0.3) is 0 Å². The Morgan fingerprint density at radius 2 is 0.865 bits per heavy atom. The van der Waals surface area contributed by atoms with Gasteiger partial charge in [-0.05, 0) is 67.9 Å². The molecule has 8 heteroatoms. The minimum Gasteiger partial charge on any atom is -0.478 e. The maximum atomic E-state index is 12.3. The summed E-state index contributed by atoms with van der Waals surface area (Å²) < 4.78 is 10.6. The number of carbonyl (C=O) groups is 4. The number of rotatable bonds is 28. The number of unbranched alkanes of at least 4 members (excludes halogenated alkanes) is 16. The summed E-state index contributed by atoms with van der Waals surface area (Å²) in [4.78, 5) is 47.8. The summed E-state index contributed by atoms with van der Waals surface area (Å²) in [6.45, 7) is 9.46. The van der Waals surface area contributed by atoms with Crippen molar-refractivity contribution >= 4 is 23.9 Å². The largest absolute Gasteiger partial charge is 0.478 e. The van der Waals surface area contributed by atoms with Crippen LogP contribution in [0.2, 0.25) is 0 Å². The van der Waals surface area contributed by atoms with E-state index in [1.165, 1.54) is 57.4 Å². The number of benzene rings is 2. The molecule has 0 radical (unpaired) electrons. The predicted molar refractivity (Wildman–Crippen MR) is 210 cm³/mol. The number of hydrogen-bond acceptors (Lipinski definition) is 6. The summed E-state index contributed by atoms with van der Waals surface area (Å²) in [6, 6.07) is 10.0. The van der Waals surface area contributed by atoms with Gasteiger partial charge in [0.15, 0.2) is 0 Å². The molecular formula is C44H68O8. The van der Waals surface area contributed by atoms with Gasteiger partial charge < -0.3 is 19.7 Å². The van der Waals surface area contributed by atoms with E-state index in [1.54, 1.807) is 24.3 Å². The molecule has 2 aromatic rings. The fourth-order valence-corrected chi connectivity index (χ4v) is 6.19. The number of aryl methyl sites for hydroxylation is 1. The Kier molecular flexibility index (Phi) is 26.6. The van der Waals surface area contributed by atoms with E-state index in [0.717, 1.165) is 94.6 Å². The fraction of sp³-hybridized carbons (Fsp3) is 0.636. The van der Waals surface area contributed by atoms with E-state index in [0.29, 0.717) is 19.6 Å². The van der Waals surface area contributed by atoms with E-state index < -0.39 is 23.9 Å². The van der Waals surface area contributed by atoms with Crippen molar-refractivity contribution in [1.82, 2.24) is 0 Å². The standard InChI is InChI=1S/2C22H34O4/c1-3-5-7-9-13-17-25-21(23)19-15-11-12-16-20(19)22(24)26-18-14-10-8-6-4-2;1-3-5-7-9-11-13-17-15-16-19(21(23)24)20(22(25)26)18(17)14-12-10-8-6-4-2/h11-12,15-16H,3-10,13-14,17-18H2,1-2H3;15-16H,3-14H2,1-2H3,(H,23,24)(H,25,26). The summed E-state index contributed by atoms with van der Waals surface area (Å²) in [7, 11) is 0. The third kappa shape index (κ3) is 19.2. The van der Waals surface area contributed by atoms with Crippen LogP contribution in [-0.2, 0) is 22.3 Å². The Morgan fingerprint density at radius 3 is 1.27 bits per heavy atom. The van der Waals surface area contributed by atoms with Gasteiger partial charge in [-0.2, -0.15) is 0 Å². The summed E-state index contributed by atoms with van der Waals surface area (Å²) >= 11 is 0. The topological polar surface area (TPSA) is 127 Å². The zero-order chi connectivity index (χ0) is 38.4. The van der Waals surface area contributed by atoms with Crippen LogP contribution in [0, 0.1) is 0 Å². The summed E-state index contributed by atoms with van der Waals surface area (Å²) in [5.41, 5.74) is 2.24. The normalized spacial score (nSPS) is 10.7. The molecule has 0 aliphatic rings. The lowest BCUT2D eigenvalue weighted by molar-refractivity contribution is 0.0450. The molecule has 0 atom stereocenters. The van der Waals surface area contributed by atoms with Crippen LogP contribution >= 0.6 is 0 Å². The van der Waals surface area contributed by atoms with E-state index in [4.69, 9.17) is 9.47 Å². The number of esters is 2. The molecular weight excluding hydrogens is 656 g/mol. The molecule has 0 heterocycles. The van der Waals surface area contributed by atoms with Crippen molar-refractivity contribution in [3.63, 3.8) is 0 Å². The average Bonchev–Trinajstić information content (AvgIpc) is 3.14. The molecule has 2 N–H and O–H groups in total. The van der Waals surface area contributed by atoms with Crippen LogP contribution in [0.3, 0.4) is 0 Å². The fourth-order valence-electron chi connectivity index (χ4n) is 6.19. The molecule has 2 rings (SSSR count). The molecule has 8 nitrogen and oxygen atoms in total. The molecule has 0 unspecified atom stereocenters. The highest BCUT2D eigenvalue weighted by molar-refractivity contribution is 6.03. The molecule has 0 fully saturated rings. The Balaban J connectivity index is 0.000000520. The first kappa shape index (κ1) is 46.3. The predicted octanol–water partition coefficient (Wildman–Crippen LogP) is 12.0. The van der Waals surface area contributed by atoms with Gasteiger partial charge in [-0.15, -0.1) is 0 Å². The lowest BCUT2D eigenvalue weighted by atomic mass is 9.89. The molecule has 0 aromatic heterocycles. The quantitative estimate of drug-likeness (QED) is 0.0656. The Labute approximate surface area is 314 Å². The van der Waals surface area contributed by atoms with Gasteiger partial charge in [0.1, 0.15) is 0 Å². The molecule has 0 bridgehead atoms. The van der Waals surface area contributed by atoms with Gasteiger partial charge in [0.05, 0.1) is 35.5 Å². The van der Waals surface area contributed by atoms with E-state index >= 15 is 0 Å². The van der Waals surface area contributed by atoms with Gasteiger partial charge in [-0.25, -0.2) is 19.2 Å². The number of carboxylic acids is 2. The molecule has 0 aliphatic carbocycles. The van der Waals surface area contributed by atoms with Crippen LogP contribution in [0.5, 0.6) is 0 Å². The first-order chi connectivity index (χ1) is 25.2. The van der Waals surface area contributed by atoms with Gasteiger partial charge in [-0.3, -0.25) is 0 Å². The second-order valence-corrected chi connectivity index (χ2v) is 13.7. The van der Waals surface area contributed by atoms with E-state index in [9.17, 15) is 29.4 Å². The minimum atomic E-state index is -1.16. The molecule has 0 saturated carbocycles. The Bertz CT molecular complexity index is 1250. The maximum Gasteiger partial charge on any atom is 0.339 e. The third-order valence-electron chi connectivity index (χ3n) is 9.26. The number of carboxylic acid groups (broad SMARTS) is 2. The van der Waals surface area contributed by atoms with Crippen LogP contribution in [0.15, 0.2) is 36.4 Å². The van der Waals surface area contributed by atoms with Crippen molar-refractivity contribution in [2.75, 3.05) is 13.2 Å². The zero-order valence-corrected chi connectivity index (χ0v) is 32.8. The van der Waals surface area contributed by atoms with E-state index in [1.807, 2.05) is 6.07 Å². The molecule has 0 aliphatic heterocycles. The number of aromatic carboxylic acids is 2. The van der Waals surface area contributed by atoms with Crippen LogP contribution in [0.1, 0.15) is 209 Å². The van der Waals surface area contributed by atoms with Crippen molar-refractivity contribution in [2.45, 2.75) is 169 Å². The molecule has 0 saturated heterocycles. The molecule has 52 heavy (non-hydrogen) atoms. The van der Waals surface area contributed by atoms with Gasteiger partial charge >= 0.3 is 23.9 Å².